The summed E-state index contributed by atoms with van der Waals surface area (Å²) >= 11 is 0. The van der Waals surface area contributed by atoms with Crippen LogP contribution in [0.1, 0.15) is 28.8 Å². The Hall–Kier alpha value is -2.65. The van der Waals surface area contributed by atoms with Crippen molar-refractivity contribution < 1.29 is 22.7 Å². The maximum absolute atomic E-state index is 12.6. The highest BCUT2D eigenvalue weighted by atomic mass is 19.4. The van der Waals surface area contributed by atoms with Crippen LogP contribution in [0.5, 0.6) is 11.6 Å². The summed E-state index contributed by atoms with van der Waals surface area (Å²) in [4.78, 5) is 20.7. The average molecular weight is 436 g/mol. The van der Waals surface area contributed by atoms with Gasteiger partial charge in [-0.1, -0.05) is 0 Å². The molecule has 0 atom stereocenters. The predicted molar refractivity (Wildman–Crippen MR) is 111 cm³/mol. The maximum atomic E-state index is 12.6. The first-order chi connectivity index (χ1) is 14.8. The van der Waals surface area contributed by atoms with Crippen LogP contribution in [0, 0.1) is 0 Å². The first kappa shape index (κ1) is 23.0. The van der Waals surface area contributed by atoms with Crippen molar-refractivity contribution in [1.29, 1.82) is 0 Å². The Morgan fingerprint density at radius 1 is 1.06 bits per heavy atom. The molecule has 0 unspecified atom stereocenters. The number of rotatable bonds is 8. The highest BCUT2D eigenvalue weighted by Gasteiger charge is 2.30. The molecule has 0 radical (unpaired) electrons. The number of piperazine rings is 1. The van der Waals surface area contributed by atoms with Gasteiger partial charge in [-0.2, -0.15) is 13.2 Å². The van der Waals surface area contributed by atoms with Gasteiger partial charge in [0.15, 0.2) is 0 Å². The summed E-state index contributed by atoms with van der Waals surface area (Å²) in [5.41, 5.74) is -0.345. The molecule has 1 fully saturated rings. The van der Waals surface area contributed by atoms with Crippen LogP contribution in [-0.4, -0.2) is 67.0 Å². The fourth-order valence-electron chi connectivity index (χ4n) is 3.24. The van der Waals surface area contributed by atoms with E-state index in [0.717, 1.165) is 63.9 Å². The highest BCUT2D eigenvalue weighted by Crippen LogP contribution is 2.30. The smallest absolute Gasteiger partial charge is 0.417 e. The third-order valence-electron chi connectivity index (χ3n) is 5.19. The molecule has 0 saturated carbocycles. The molecule has 6 nitrogen and oxygen atoms in total. The molecule has 0 spiro atoms. The van der Waals surface area contributed by atoms with Crippen molar-refractivity contribution >= 4 is 5.91 Å². The monoisotopic (exact) mass is 436 g/mol. The molecule has 1 aromatic heterocycles. The molecule has 1 aliphatic rings. The second kappa shape index (κ2) is 10.6. The molecule has 0 bridgehead atoms. The summed E-state index contributed by atoms with van der Waals surface area (Å²) in [6.45, 7) is 6.06. The molecule has 2 heterocycles. The Kier molecular flexibility index (Phi) is 7.86. The van der Waals surface area contributed by atoms with Gasteiger partial charge in [-0.05, 0) is 56.8 Å². The molecule has 1 amide bonds. The molecule has 1 aromatic carbocycles. The normalized spacial score (nSPS) is 15.6. The minimum absolute atomic E-state index is 0.0468. The van der Waals surface area contributed by atoms with Gasteiger partial charge in [-0.25, -0.2) is 4.98 Å². The third kappa shape index (κ3) is 7.22. The number of unbranched alkanes of at least 4 members (excludes halogenated alkanes) is 1. The lowest BCUT2D eigenvalue weighted by atomic mass is 10.2. The third-order valence-corrected chi connectivity index (χ3v) is 5.19. The number of aromatic nitrogens is 1. The van der Waals surface area contributed by atoms with E-state index in [-0.39, 0.29) is 11.8 Å². The van der Waals surface area contributed by atoms with Gasteiger partial charge < -0.3 is 19.9 Å². The molecule has 3 rings (SSSR count). The van der Waals surface area contributed by atoms with Crippen LogP contribution in [-0.2, 0) is 6.18 Å². The van der Waals surface area contributed by atoms with Gasteiger partial charge in [0, 0.05) is 50.6 Å². The van der Waals surface area contributed by atoms with Crippen molar-refractivity contribution in [2.24, 2.45) is 0 Å². The van der Waals surface area contributed by atoms with E-state index in [4.69, 9.17) is 4.74 Å². The van der Waals surface area contributed by atoms with Crippen LogP contribution < -0.4 is 10.1 Å². The molecule has 9 heteroatoms. The number of amides is 1. The molecule has 168 valence electrons. The number of nitrogens with zero attached hydrogens (tertiary/aromatic N) is 3. The summed E-state index contributed by atoms with van der Waals surface area (Å²) in [7, 11) is 2.14. The molecule has 1 saturated heterocycles. The zero-order chi connectivity index (χ0) is 22.3. The van der Waals surface area contributed by atoms with E-state index in [0.29, 0.717) is 17.9 Å². The van der Waals surface area contributed by atoms with Gasteiger partial charge >= 0.3 is 6.18 Å². The summed E-state index contributed by atoms with van der Waals surface area (Å²) < 4.78 is 43.2. The van der Waals surface area contributed by atoms with Crippen molar-refractivity contribution in [2.45, 2.75) is 19.0 Å². The zero-order valence-corrected chi connectivity index (χ0v) is 17.5. The van der Waals surface area contributed by atoms with Crippen LogP contribution in [0.15, 0.2) is 42.6 Å². The summed E-state index contributed by atoms with van der Waals surface area (Å²) in [6.07, 6.45) is -1.76. The maximum Gasteiger partial charge on any atom is 0.417 e. The minimum atomic E-state index is -4.44. The van der Waals surface area contributed by atoms with E-state index in [9.17, 15) is 18.0 Å². The highest BCUT2D eigenvalue weighted by molar-refractivity contribution is 5.94. The van der Waals surface area contributed by atoms with Crippen LogP contribution in [0.25, 0.3) is 0 Å². The number of benzene rings is 1. The quantitative estimate of drug-likeness (QED) is 0.641. The van der Waals surface area contributed by atoms with E-state index in [1.54, 1.807) is 24.3 Å². The van der Waals surface area contributed by atoms with Crippen molar-refractivity contribution in [3.8, 4) is 11.6 Å². The summed E-state index contributed by atoms with van der Waals surface area (Å²) in [5.74, 6) is 0.264. The molecule has 31 heavy (non-hydrogen) atoms. The number of carbonyl (C=O) groups excluding carboxylic acids is 1. The SMILES string of the molecule is CN1CCN(CCCCNC(=O)c2ccc(Oc3ccc(C(F)(F)F)cn3)cc2)CC1. The van der Waals surface area contributed by atoms with E-state index in [1.807, 2.05) is 0 Å². The van der Waals surface area contributed by atoms with Gasteiger partial charge in [0.1, 0.15) is 5.75 Å². The van der Waals surface area contributed by atoms with Crippen LogP contribution >= 0.6 is 0 Å². The molecule has 2 aromatic rings. The van der Waals surface area contributed by atoms with E-state index < -0.39 is 11.7 Å². The van der Waals surface area contributed by atoms with Gasteiger partial charge in [0.25, 0.3) is 5.91 Å². The van der Waals surface area contributed by atoms with Gasteiger partial charge in [0.2, 0.25) is 5.88 Å². The second-order valence-corrected chi connectivity index (χ2v) is 7.62. The molecular weight excluding hydrogens is 409 g/mol. The number of pyridine rings is 1. The van der Waals surface area contributed by atoms with E-state index in [2.05, 4.69) is 27.1 Å². The van der Waals surface area contributed by atoms with Gasteiger partial charge in [-0.3, -0.25) is 4.79 Å². The van der Waals surface area contributed by atoms with Crippen LogP contribution in [0.3, 0.4) is 0 Å². The molecule has 1 N–H and O–H groups in total. The number of nitrogens with one attached hydrogen (secondary N) is 1. The van der Waals surface area contributed by atoms with Crippen LogP contribution in [0.2, 0.25) is 0 Å². The van der Waals surface area contributed by atoms with E-state index >= 15 is 0 Å². The predicted octanol–water partition coefficient (Wildman–Crippen LogP) is 3.65. The lowest BCUT2D eigenvalue weighted by Gasteiger charge is -2.32. The number of ether oxygens (including phenoxy) is 1. The Balaban J connectivity index is 1.38. The lowest BCUT2D eigenvalue weighted by Crippen LogP contribution is -2.44. The largest absolute Gasteiger partial charge is 0.439 e. The van der Waals surface area contributed by atoms with Gasteiger partial charge in [-0.15, -0.1) is 0 Å². The number of halogens is 3. The fourth-order valence-corrected chi connectivity index (χ4v) is 3.24. The first-order valence-corrected chi connectivity index (χ1v) is 10.3. The average Bonchev–Trinajstić information content (AvgIpc) is 2.75. The van der Waals surface area contributed by atoms with Crippen molar-refractivity contribution in [3.05, 3.63) is 53.7 Å². The molecular formula is C22H27F3N4O2. The number of hydrogen-bond donors (Lipinski definition) is 1. The van der Waals surface area contributed by atoms with Crippen LogP contribution in [0.4, 0.5) is 13.2 Å². The molecule has 1 aliphatic heterocycles. The number of alkyl halides is 3. The Labute approximate surface area is 180 Å². The van der Waals surface area contributed by atoms with Crippen molar-refractivity contribution in [1.82, 2.24) is 20.1 Å². The molecule has 0 aliphatic carbocycles. The van der Waals surface area contributed by atoms with Crippen molar-refractivity contribution in [3.63, 3.8) is 0 Å². The zero-order valence-electron chi connectivity index (χ0n) is 17.5. The van der Waals surface area contributed by atoms with Gasteiger partial charge in [0.05, 0.1) is 5.56 Å². The topological polar surface area (TPSA) is 57.7 Å². The number of hydrogen-bond acceptors (Lipinski definition) is 5. The fraction of sp³-hybridized carbons (Fsp3) is 0.455. The van der Waals surface area contributed by atoms with Crippen molar-refractivity contribution in [2.75, 3.05) is 46.3 Å². The minimum Gasteiger partial charge on any atom is -0.439 e. The standard InChI is InChI=1S/C22H27F3N4O2/c1-28-12-14-29(15-13-28)11-3-2-10-26-21(30)17-4-7-19(8-5-17)31-20-9-6-18(16-27-20)22(23,24)25/h4-9,16H,2-3,10-15H2,1H3,(H,26,30). The summed E-state index contributed by atoms with van der Waals surface area (Å²) in [6, 6.07) is 8.46. The number of carbonyl (C=O) groups is 1. The Morgan fingerprint density at radius 2 is 1.77 bits per heavy atom. The lowest BCUT2D eigenvalue weighted by molar-refractivity contribution is -0.137. The Bertz CT molecular complexity index is 833. The number of likely N-dealkylation sites (N-methyl/N-ethyl adjacent to an activating group) is 1. The Morgan fingerprint density at radius 3 is 2.39 bits per heavy atom. The summed E-state index contributed by atoms with van der Waals surface area (Å²) in [5, 5.41) is 2.91. The first-order valence-electron chi connectivity index (χ1n) is 10.3. The second-order valence-electron chi connectivity index (χ2n) is 7.62. The van der Waals surface area contributed by atoms with E-state index in [1.165, 1.54) is 0 Å².